The number of rotatable bonds is 4. The molecule has 108 valence electrons. The topological polar surface area (TPSA) is 29.9 Å². The number of fused-ring (bicyclic) bond motifs is 1. The molecule has 1 atom stereocenters. The Bertz CT molecular complexity index is 641. The van der Waals surface area contributed by atoms with E-state index in [-0.39, 0.29) is 0 Å². The maximum Gasteiger partial charge on any atom is 0.178 e. The Labute approximate surface area is 128 Å². The van der Waals surface area contributed by atoms with Crippen molar-refractivity contribution in [3.8, 4) is 5.75 Å². The van der Waals surface area contributed by atoms with E-state index in [9.17, 15) is 0 Å². The standard InChI is InChI=1S/C15H20N2OS2/c1-2-18-13-8-5-7-12-14(13)16-15(19)17(12)10-11-6-3-4-9-20-11/h5,7-8,11H,2-4,6,9-10H2,1H3,(H,16,19). The maximum atomic E-state index is 5.68. The molecular weight excluding hydrogens is 288 g/mol. The smallest absolute Gasteiger partial charge is 0.178 e. The SMILES string of the molecule is CCOc1cccc2c1[nH]c(=S)n2CC1CCCCS1. The second-order valence-electron chi connectivity index (χ2n) is 5.11. The first-order chi connectivity index (χ1) is 9.79. The summed E-state index contributed by atoms with van der Waals surface area (Å²) >= 11 is 7.59. The number of thioether (sulfide) groups is 1. The van der Waals surface area contributed by atoms with Gasteiger partial charge in [-0.25, -0.2) is 0 Å². The molecule has 3 rings (SSSR count). The van der Waals surface area contributed by atoms with Crippen LogP contribution in [0.5, 0.6) is 5.75 Å². The van der Waals surface area contributed by atoms with Crippen molar-refractivity contribution in [2.45, 2.75) is 38.0 Å². The molecule has 1 fully saturated rings. The molecule has 2 aromatic rings. The summed E-state index contributed by atoms with van der Waals surface area (Å²) in [5.41, 5.74) is 2.19. The predicted octanol–water partition coefficient (Wildman–Crippen LogP) is 4.38. The van der Waals surface area contributed by atoms with Crippen LogP contribution in [0.15, 0.2) is 18.2 Å². The molecule has 0 radical (unpaired) electrons. The fourth-order valence-electron chi connectivity index (χ4n) is 2.77. The lowest BCUT2D eigenvalue weighted by atomic mass is 10.2. The average molecular weight is 308 g/mol. The van der Waals surface area contributed by atoms with Crippen molar-refractivity contribution < 1.29 is 4.74 Å². The molecule has 1 aromatic heterocycles. The molecule has 1 aromatic carbocycles. The van der Waals surface area contributed by atoms with Gasteiger partial charge in [-0.2, -0.15) is 11.8 Å². The Morgan fingerprint density at radius 1 is 1.45 bits per heavy atom. The Balaban J connectivity index is 1.96. The monoisotopic (exact) mass is 308 g/mol. The van der Waals surface area contributed by atoms with Crippen molar-refractivity contribution >= 4 is 35.0 Å². The van der Waals surface area contributed by atoms with E-state index in [1.165, 1.54) is 25.0 Å². The average Bonchev–Trinajstić information content (AvgIpc) is 2.78. The molecule has 3 nitrogen and oxygen atoms in total. The summed E-state index contributed by atoms with van der Waals surface area (Å²) in [6, 6.07) is 6.16. The van der Waals surface area contributed by atoms with Crippen LogP contribution < -0.4 is 4.74 Å². The Hall–Kier alpha value is -0.940. The molecule has 5 heteroatoms. The summed E-state index contributed by atoms with van der Waals surface area (Å²) in [6.45, 7) is 3.67. The van der Waals surface area contributed by atoms with Gasteiger partial charge in [-0.15, -0.1) is 0 Å². The molecule has 20 heavy (non-hydrogen) atoms. The molecule has 1 aliphatic heterocycles. The molecule has 0 amide bonds. The molecule has 1 saturated heterocycles. The van der Waals surface area contributed by atoms with E-state index in [2.05, 4.69) is 27.4 Å². The van der Waals surface area contributed by atoms with Crippen LogP contribution in [-0.4, -0.2) is 27.2 Å². The van der Waals surface area contributed by atoms with E-state index in [1.54, 1.807) is 0 Å². The summed E-state index contributed by atoms with van der Waals surface area (Å²) in [5.74, 6) is 2.18. The molecule has 0 bridgehead atoms. The van der Waals surface area contributed by atoms with Gasteiger partial charge in [0.15, 0.2) is 4.77 Å². The summed E-state index contributed by atoms with van der Waals surface area (Å²) < 4.78 is 8.72. The van der Waals surface area contributed by atoms with Crippen LogP contribution in [0.4, 0.5) is 0 Å². The number of H-pyrrole nitrogens is 1. The largest absolute Gasteiger partial charge is 0.492 e. The molecule has 1 aliphatic rings. The van der Waals surface area contributed by atoms with Crippen molar-refractivity contribution in [2.75, 3.05) is 12.4 Å². The fraction of sp³-hybridized carbons (Fsp3) is 0.533. The maximum absolute atomic E-state index is 5.68. The van der Waals surface area contributed by atoms with Crippen LogP contribution in [0.1, 0.15) is 26.2 Å². The van der Waals surface area contributed by atoms with Crippen LogP contribution in [-0.2, 0) is 6.54 Å². The minimum Gasteiger partial charge on any atom is -0.492 e. The number of aromatic amines is 1. The summed E-state index contributed by atoms with van der Waals surface area (Å²) in [7, 11) is 0. The van der Waals surface area contributed by atoms with Crippen molar-refractivity contribution in [3.63, 3.8) is 0 Å². The van der Waals surface area contributed by atoms with E-state index >= 15 is 0 Å². The summed E-state index contributed by atoms with van der Waals surface area (Å²) in [6.07, 6.45) is 4.00. The molecule has 1 unspecified atom stereocenters. The fourth-order valence-corrected chi connectivity index (χ4v) is 4.33. The number of benzene rings is 1. The minimum atomic E-state index is 0.670. The van der Waals surface area contributed by atoms with Gasteiger partial charge < -0.3 is 14.3 Å². The van der Waals surface area contributed by atoms with E-state index in [1.807, 2.05) is 19.1 Å². The second-order valence-corrected chi connectivity index (χ2v) is 6.91. The van der Waals surface area contributed by atoms with Crippen LogP contribution in [0, 0.1) is 4.77 Å². The number of imidazole rings is 1. The number of ether oxygens (including phenoxy) is 1. The zero-order valence-corrected chi connectivity index (χ0v) is 13.4. The highest BCUT2D eigenvalue weighted by Crippen LogP contribution is 2.29. The van der Waals surface area contributed by atoms with Crippen molar-refractivity contribution in [3.05, 3.63) is 23.0 Å². The molecular formula is C15H20N2OS2. The van der Waals surface area contributed by atoms with Gasteiger partial charge in [0.05, 0.1) is 12.1 Å². The first kappa shape index (κ1) is 14.0. The highest BCUT2D eigenvalue weighted by molar-refractivity contribution is 7.99. The van der Waals surface area contributed by atoms with Gasteiger partial charge >= 0.3 is 0 Å². The van der Waals surface area contributed by atoms with Crippen molar-refractivity contribution in [1.82, 2.24) is 9.55 Å². The first-order valence-electron chi connectivity index (χ1n) is 7.25. The quantitative estimate of drug-likeness (QED) is 0.850. The van der Waals surface area contributed by atoms with Crippen molar-refractivity contribution in [2.24, 2.45) is 0 Å². The predicted molar refractivity (Wildman–Crippen MR) is 88.4 cm³/mol. The van der Waals surface area contributed by atoms with Gasteiger partial charge in [0.2, 0.25) is 0 Å². The third-order valence-electron chi connectivity index (χ3n) is 3.73. The van der Waals surface area contributed by atoms with Gasteiger partial charge in [0, 0.05) is 11.8 Å². The normalized spacial score (nSPS) is 19.4. The van der Waals surface area contributed by atoms with Crippen LogP contribution in [0.3, 0.4) is 0 Å². The zero-order valence-electron chi connectivity index (χ0n) is 11.7. The second kappa shape index (κ2) is 6.22. The van der Waals surface area contributed by atoms with E-state index in [0.29, 0.717) is 11.9 Å². The lowest BCUT2D eigenvalue weighted by Crippen LogP contribution is -2.17. The first-order valence-corrected chi connectivity index (χ1v) is 8.71. The Morgan fingerprint density at radius 3 is 3.10 bits per heavy atom. The third-order valence-corrected chi connectivity index (χ3v) is 5.44. The van der Waals surface area contributed by atoms with Crippen LogP contribution >= 0.6 is 24.0 Å². The summed E-state index contributed by atoms with van der Waals surface area (Å²) in [4.78, 5) is 3.31. The molecule has 0 saturated carbocycles. The minimum absolute atomic E-state index is 0.670. The lowest BCUT2D eigenvalue weighted by molar-refractivity contribution is 0.343. The number of aromatic nitrogens is 2. The molecule has 2 heterocycles. The number of hydrogen-bond acceptors (Lipinski definition) is 3. The number of hydrogen-bond donors (Lipinski definition) is 1. The molecule has 0 aliphatic carbocycles. The zero-order chi connectivity index (χ0) is 13.9. The van der Waals surface area contributed by atoms with E-state index in [0.717, 1.165) is 28.1 Å². The lowest BCUT2D eigenvalue weighted by Gasteiger charge is -2.21. The molecule has 1 N–H and O–H groups in total. The highest BCUT2D eigenvalue weighted by Gasteiger charge is 2.17. The Morgan fingerprint density at radius 2 is 2.35 bits per heavy atom. The van der Waals surface area contributed by atoms with Gasteiger partial charge in [-0.1, -0.05) is 12.5 Å². The third kappa shape index (κ3) is 2.74. The van der Waals surface area contributed by atoms with E-state index < -0.39 is 0 Å². The van der Waals surface area contributed by atoms with Gasteiger partial charge in [0.1, 0.15) is 11.3 Å². The van der Waals surface area contributed by atoms with Crippen molar-refractivity contribution in [1.29, 1.82) is 0 Å². The van der Waals surface area contributed by atoms with Gasteiger partial charge in [-0.3, -0.25) is 0 Å². The number of para-hydroxylation sites is 1. The van der Waals surface area contributed by atoms with Gasteiger partial charge in [-0.05, 0) is 49.9 Å². The number of nitrogens with zero attached hydrogens (tertiary/aromatic N) is 1. The number of nitrogens with one attached hydrogen (secondary N) is 1. The Kier molecular flexibility index (Phi) is 4.36. The van der Waals surface area contributed by atoms with Crippen LogP contribution in [0.2, 0.25) is 0 Å². The summed E-state index contributed by atoms with van der Waals surface area (Å²) in [5, 5.41) is 0.685. The van der Waals surface area contributed by atoms with Gasteiger partial charge in [0.25, 0.3) is 0 Å². The van der Waals surface area contributed by atoms with E-state index in [4.69, 9.17) is 17.0 Å². The van der Waals surface area contributed by atoms with Crippen LogP contribution in [0.25, 0.3) is 11.0 Å². The highest BCUT2D eigenvalue weighted by atomic mass is 32.2. The molecule has 0 spiro atoms.